The second-order valence-corrected chi connectivity index (χ2v) is 7.17. The molecule has 5 nitrogen and oxygen atoms in total. The zero-order valence-corrected chi connectivity index (χ0v) is 13.9. The molecular weight excluding hydrogens is 328 g/mol. The van der Waals surface area contributed by atoms with Gasteiger partial charge >= 0.3 is 5.69 Å². The molecule has 1 aromatic heterocycles. The highest BCUT2D eigenvalue weighted by molar-refractivity contribution is 5.79. The Balaban J connectivity index is 1.46. The topological polar surface area (TPSA) is 58.1 Å². The average Bonchev–Trinajstić information content (AvgIpc) is 3.13. The fraction of sp³-hybridized carbons (Fsp3) is 0.556. The number of likely N-dealkylation sites (tertiary alicyclic amines) is 1. The highest BCUT2D eigenvalue weighted by Crippen LogP contribution is 2.40. The largest absolute Gasteiger partial charge is 0.342 e. The fourth-order valence-corrected chi connectivity index (χ4v) is 4.20. The van der Waals surface area contributed by atoms with Crippen LogP contribution in [0.15, 0.2) is 29.1 Å². The number of rotatable bonds is 2. The van der Waals surface area contributed by atoms with E-state index in [0.29, 0.717) is 25.9 Å². The van der Waals surface area contributed by atoms with Crippen molar-refractivity contribution in [2.75, 3.05) is 13.1 Å². The molecule has 1 saturated carbocycles. The number of fused-ring (bicyclic) bond motifs is 1. The smallest absolute Gasteiger partial charge is 0.326 e. The minimum Gasteiger partial charge on any atom is -0.342 e. The lowest BCUT2D eigenvalue weighted by Crippen LogP contribution is -2.43. The average molecular weight is 349 g/mol. The van der Waals surface area contributed by atoms with E-state index in [1.165, 1.54) is 0 Å². The first-order valence-corrected chi connectivity index (χ1v) is 8.80. The number of benzene rings is 1. The number of aromatic amines is 1. The molecule has 25 heavy (non-hydrogen) atoms. The molecule has 0 bridgehead atoms. The van der Waals surface area contributed by atoms with Crippen molar-refractivity contribution in [3.63, 3.8) is 0 Å². The number of hydrogen-bond acceptors (Lipinski definition) is 2. The predicted octanol–water partition coefficient (Wildman–Crippen LogP) is 2.93. The van der Waals surface area contributed by atoms with Gasteiger partial charge in [0.05, 0.1) is 11.0 Å². The number of alkyl halides is 2. The van der Waals surface area contributed by atoms with E-state index in [9.17, 15) is 18.4 Å². The summed E-state index contributed by atoms with van der Waals surface area (Å²) in [6, 6.07) is 7.57. The van der Waals surface area contributed by atoms with Crippen molar-refractivity contribution in [2.24, 2.45) is 5.92 Å². The summed E-state index contributed by atoms with van der Waals surface area (Å²) in [7, 11) is 0. The van der Waals surface area contributed by atoms with Crippen LogP contribution in [-0.2, 0) is 4.79 Å². The van der Waals surface area contributed by atoms with E-state index >= 15 is 0 Å². The van der Waals surface area contributed by atoms with Gasteiger partial charge in [-0.1, -0.05) is 12.1 Å². The summed E-state index contributed by atoms with van der Waals surface area (Å²) in [5.74, 6) is -3.40. The van der Waals surface area contributed by atoms with Crippen LogP contribution in [0.4, 0.5) is 8.78 Å². The van der Waals surface area contributed by atoms with Crippen LogP contribution in [0, 0.1) is 5.92 Å². The normalized spacial score (nSPS) is 24.1. The Morgan fingerprint density at radius 1 is 1.16 bits per heavy atom. The maximum atomic E-state index is 13.4. The molecule has 4 rings (SSSR count). The van der Waals surface area contributed by atoms with Crippen LogP contribution in [0.2, 0.25) is 0 Å². The summed E-state index contributed by atoms with van der Waals surface area (Å²) in [4.78, 5) is 29.3. The van der Waals surface area contributed by atoms with Crippen molar-refractivity contribution in [1.29, 1.82) is 0 Å². The highest BCUT2D eigenvalue weighted by Gasteiger charge is 2.44. The van der Waals surface area contributed by atoms with Gasteiger partial charge < -0.3 is 9.88 Å². The van der Waals surface area contributed by atoms with Gasteiger partial charge in [0.15, 0.2) is 0 Å². The molecule has 1 saturated heterocycles. The molecule has 1 amide bonds. The van der Waals surface area contributed by atoms with E-state index in [-0.39, 0.29) is 36.9 Å². The molecule has 2 aliphatic rings. The predicted molar refractivity (Wildman–Crippen MR) is 89.7 cm³/mol. The van der Waals surface area contributed by atoms with Crippen molar-refractivity contribution in [3.05, 3.63) is 34.7 Å². The second kappa shape index (κ2) is 5.97. The van der Waals surface area contributed by atoms with E-state index in [0.717, 1.165) is 11.0 Å². The number of aromatic nitrogens is 2. The quantitative estimate of drug-likeness (QED) is 0.906. The molecule has 7 heteroatoms. The van der Waals surface area contributed by atoms with Gasteiger partial charge in [0.25, 0.3) is 0 Å². The Labute approximate surface area is 143 Å². The van der Waals surface area contributed by atoms with Crippen molar-refractivity contribution in [1.82, 2.24) is 14.5 Å². The molecule has 0 spiro atoms. The van der Waals surface area contributed by atoms with Gasteiger partial charge in [-0.05, 0) is 31.4 Å². The van der Waals surface area contributed by atoms with Gasteiger partial charge in [-0.2, -0.15) is 0 Å². The standard InChI is InChI=1S/C18H21F2N3O2/c19-18(20)8-5-12(11-18)16(24)22-9-6-13(7-10-22)23-15-4-2-1-3-14(15)21-17(23)25/h1-4,12-13H,5-11H2,(H,21,25). The fourth-order valence-electron chi connectivity index (χ4n) is 4.20. The first kappa shape index (κ1) is 16.3. The first-order valence-electron chi connectivity index (χ1n) is 8.80. The van der Waals surface area contributed by atoms with Crippen LogP contribution in [0.5, 0.6) is 0 Å². The molecule has 0 radical (unpaired) electrons. The molecule has 1 aromatic carbocycles. The molecule has 2 aromatic rings. The van der Waals surface area contributed by atoms with Gasteiger partial charge in [-0.15, -0.1) is 0 Å². The molecular formula is C18H21F2N3O2. The third kappa shape index (κ3) is 2.96. The molecule has 1 atom stereocenters. The SMILES string of the molecule is O=C(C1CCC(F)(F)C1)N1CCC(n2c(=O)[nH]c3ccccc32)CC1. The minimum atomic E-state index is -2.70. The van der Waals surface area contributed by atoms with Crippen molar-refractivity contribution >= 4 is 16.9 Å². The van der Waals surface area contributed by atoms with Crippen LogP contribution in [0.25, 0.3) is 11.0 Å². The second-order valence-electron chi connectivity index (χ2n) is 7.17. The zero-order chi connectivity index (χ0) is 17.6. The maximum Gasteiger partial charge on any atom is 0.326 e. The number of halogens is 2. The minimum absolute atomic E-state index is 0.0257. The van der Waals surface area contributed by atoms with Crippen molar-refractivity contribution in [3.8, 4) is 0 Å². The van der Waals surface area contributed by atoms with Gasteiger partial charge in [0.1, 0.15) is 0 Å². The number of hydrogen-bond donors (Lipinski definition) is 1. The monoisotopic (exact) mass is 349 g/mol. The number of H-pyrrole nitrogens is 1. The lowest BCUT2D eigenvalue weighted by atomic mass is 10.0. The summed E-state index contributed by atoms with van der Waals surface area (Å²) in [6.07, 6.45) is 1.08. The number of amides is 1. The number of imidazole rings is 1. The van der Waals surface area contributed by atoms with Gasteiger partial charge in [-0.3, -0.25) is 9.36 Å². The number of nitrogens with one attached hydrogen (secondary N) is 1. The Morgan fingerprint density at radius 3 is 2.56 bits per heavy atom. The number of piperidine rings is 1. The molecule has 1 aliphatic carbocycles. The molecule has 1 N–H and O–H groups in total. The third-order valence-electron chi connectivity index (χ3n) is 5.52. The van der Waals surface area contributed by atoms with E-state index in [1.807, 2.05) is 24.3 Å². The Bertz CT molecular complexity index is 849. The summed E-state index contributed by atoms with van der Waals surface area (Å²) in [6.45, 7) is 1.02. The Kier molecular flexibility index (Phi) is 3.89. The lowest BCUT2D eigenvalue weighted by Gasteiger charge is -2.34. The van der Waals surface area contributed by atoms with E-state index in [1.54, 1.807) is 9.47 Å². The van der Waals surface area contributed by atoms with Crippen LogP contribution < -0.4 is 5.69 Å². The van der Waals surface area contributed by atoms with Crippen LogP contribution in [0.3, 0.4) is 0 Å². The zero-order valence-electron chi connectivity index (χ0n) is 13.9. The van der Waals surface area contributed by atoms with Gasteiger partial charge in [-0.25, -0.2) is 13.6 Å². The first-order chi connectivity index (χ1) is 11.9. The summed E-state index contributed by atoms with van der Waals surface area (Å²) >= 11 is 0. The van der Waals surface area contributed by atoms with E-state index < -0.39 is 11.8 Å². The molecule has 1 aliphatic heterocycles. The molecule has 2 fully saturated rings. The summed E-state index contributed by atoms with van der Waals surface area (Å²) in [5.41, 5.74) is 1.54. The number of carbonyl (C=O) groups is 1. The van der Waals surface area contributed by atoms with Crippen LogP contribution in [0.1, 0.15) is 38.1 Å². The lowest BCUT2D eigenvalue weighted by molar-refractivity contribution is -0.137. The summed E-state index contributed by atoms with van der Waals surface area (Å²) < 4.78 is 28.5. The molecule has 134 valence electrons. The Hall–Kier alpha value is -2.18. The van der Waals surface area contributed by atoms with E-state index in [4.69, 9.17) is 0 Å². The van der Waals surface area contributed by atoms with Crippen molar-refractivity contribution in [2.45, 2.75) is 44.1 Å². The number of carbonyl (C=O) groups excluding carboxylic acids is 1. The highest BCUT2D eigenvalue weighted by atomic mass is 19.3. The van der Waals surface area contributed by atoms with Gasteiger partial charge in [0, 0.05) is 37.9 Å². The number of nitrogens with zero attached hydrogens (tertiary/aromatic N) is 2. The number of para-hydroxylation sites is 2. The van der Waals surface area contributed by atoms with Crippen molar-refractivity contribution < 1.29 is 13.6 Å². The van der Waals surface area contributed by atoms with Gasteiger partial charge in [0.2, 0.25) is 11.8 Å². The maximum absolute atomic E-state index is 13.4. The van der Waals surface area contributed by atoms with Crippen LogP contribution in [-0.4, -0.2) is 39.4 Å². The Morgan fingerprint density at radius 2 is 1.88 bits per heavy atom. The summed E-state index contributed by atoms with van der Waals surface area (Å²) in [5, 5.41) is 0. The molecule has 2 heterocycles. The van der Waals surface area contributed by atoms with Crippen LogP contribution >= 0.6 is 0 Å². The molecule has 1 unspecified atom stereocenters. The third-order valence-corrected chi connectivity index (χ3v) is 5.52. The van der Waals surface area contributed by atoms with E-state index in [2.05, 4.69) is 4.98 Å².